The molecule has 0 aliphatic heterocycles. The normalized spacial score (nSPS) is 11.0. The van der Waals surface area contributed by atoms with E-state index in [1.807, 2.05) is 0 Å². The van der Waals surface area contributed by atoms with Gasteiger partial charge in [0.25, 0.3) is 0 Å². The molecule has 108 valence electrons. The zero-order valence-corrected chi connectivity index (χ0v) is 12.7. The highest BCUT2D eigenvalue weighted by atomic mass is 79.9. The Kier molecular flexibility index (Phi) is 5.89. The minimum absolute atomic E-state index is 0.0123. The highest BCUT2D eigenvalue weighted by molar-refractivity contribution is 9.08. The topological polar surface area (TPSA) is 50.1 Å². The molecule has 0 fully saturated rings. The Hall–Kier alpha value is -1.20. The number of halogens is 4. The van der Waals surface area contributed by atoms with Crippen molar-refractivity contribution in [2.75, 3.05) is 6.61 Å². The van der Waals surface area contributed by atoms with Gasteiger partial charge in [0.1, 0.15) is 6.07 Å². The quantitative estimate of drug-likeness (QED) is 0.453. The van der Waals surface area contributed by atoms with E-state index in [-0.39, 0.29) is 28.0 Å². The van der Waals surface area contributed by atoms with Crippen molar-refractivity contribution < 1.29 is 22.7 Å². The van der Waals surface area contributed by atoms with Gasteiger partial charge in [-0.1, -0.05) is 22.0 Å². The van der Waals surface area contributed by atoms with Crippen LogP contribution in [0.25, 0.3) is 0 Å². The summed E-state index contributed by atoms with van der Waals surface area (Å²) in [6.07, 6.45) is 0. The fourth-order valence-corrected chi connectivity index (χ4v) is 2.62. The maximum absolute atomic E-state index is 12.5. The molecule has 0 spiro atoms. The summed E-state index contributed by atoms with van der Waals surface area (Å²) in [5.74, 6) is -0.932. The van der Waals surface area contributed by atoms with E-state index in [0.717, 1.165) is 0 Å². The number of ether oxygens (including phenoxy) is 1. The Morgan fingerprint density at radius 1 is 1.50 bits per heavy atom. The molecule has 0 radical (unpaired) electrons. The third-order valence-electron chi connectivity index (χ3n) is 2.21. The molecule has 0 heterocycles. The van der Waals surface area contributed by atoms with E-state index in [4.69, 9.17) is 10.00 Å². The monoisotopic (exact) mass is 367 g/mol. The van der Waals surface area contributed by atoms with Crippen molar-refractivity contribution in [1.29, 1.82) is 5.26 Å². The summed E-state index contributed by atoms with van der Waals surface area (Å²) in [6, 6.07) is 4.32. The zero-order valence-electron chi connectivity index (χ0n) is 10.3. The van der Waals surface area contributed by atoms with Crippen LogP contribution in [0, 0.1) is 11.3 Å². The number of carbonyl (C=O) groups is 1. The molecule has 8 heteroatoms. The lowest BCUT2D eigenvalue weighted by Gasteiger charge is -2.13. The molecule has 1 aromatic rings. The SMILES string of the molecule is CCOC(=O)c1c(SC(F)(F)F)ccc(CBr)c1C#N. The predicted octanol–water partition coefficient (Wildman–Crippen LogP) is 4.24. The molecule has 0 saturated heterocycles. The molecule has 0 atom stereocenters. The average molecular weight is 368 g/mol. The number of rotatable bonds is 4. The summed E-state index contributed by atoms with van der Waals surface area (Å²) in [4.78, 5) is 11.5. The summed E-state index contributed by atoms with van der Waals surface area (Å²) >= 11 is 2.69. The first-order chi connectivity index (χ1) is 9.34. The van der Waals surface area contributed by atoms with Gasteiger partial charge >= 0.3 is 11.5 Å². The molecule has 3 nitrogen and oxygen atoms in total. The maximum atomic E-state index is 12.5. The fraction of sp³-hybridized carbons (Fsp3) is 0.333. The van der Waals surface area contributed by atoms with Gasteiger partial charge in [-0.3, -0.25) is 0 Å². The lowest BCUT2D eigenvalue weighted by atomic mass is 10.0. The van der Waals surface area contributed by atoms with Crippen molar-refractivity contribution in [1.82, 2.24) is 0 Å². The van der Waals surface area contributed by atoms with Crippen LogP contribution in [-0.4, -0.2) is 18.1 Å². The van der Waals surface area contributed by atoms with Crippen LogP contribution in [0.1, 0.15) is 28.4 Å². The molecule has 0 saturated carbocycles. The van der Waals surface area contributed by atoms with Crippen molar-refractivity contribution in [3.8, 4) is 6.07 Å². The highest BCUT2D eigenvalue weighted by Crippen LogP contribution is 2.40. The van der Waals surface area contributed by atoms with Gasteiger partial charge in [-0.25, -0.2) is 4.79 Å². The van der Waals surface area contributed by atoms with Crippen molar-refractivity contribution >= 4 is 33.7 Å². The number of hydrogen-bond acceptors (Lipinski definition) is 4. The first kappa shape index (κ1) is 16.9. The van der Waals surface area contributed by atoms with Gasteiger partial charge in [0, 0.05) is 10.2 Å². The minimum atomic E-state index is -4.55. The van der Waals surface area contributed by atoms with Gasteiger partial charge in [-0.2, -0.15) is 18.4 Å². The van der Waals surface area contributed by atoms with Gasteiger partial charge in [0.05, 0.1) is 17.7 Å². The van der Waals surface area contributed by atoms with Gasteiger partial charge in [-0.15, -0.1) is 0 Å². The van der Waals surface area contributed by atoms with Gasteiger partial charge in [0.15, 0.2) is 0 Å². The fourth-order valence-electron chi connectivity index (χ4n) is 1.48. The van der Waals surface area contributed by atoms with Gasteiger partial charge in [0.2, 0.25) is 0 Å². The number of thioether (sulfide) groups is 1. The summed E-state index contributed by atoms with van der Waals surface area (Å²) in [5.41, 5.74) is -4.56. The molecule has 0 aromatic heterocycles. The van der Waals surface area contributed by atoms with Crippen LogP contribution < -0.4 is 0 Å². The Bertz CT molecular complexity index is 555. The van der Waals surface area contributed by atoms with Gasteiger partial charge in [-0.05, 0) is 30.3 Å². The Morgan fingerprint density at radius 2 is 2.15 bits per heavy atom. The largest absolute Gasteiger partial charge is 0.462 e. The van der Waals surface area contributed by atoms with Crippen molar-refractivity contribution in [2.24, 2.45) is 0 Å². The van der Waals surface area contributed by atoms with E-state index in [2.05, 4.69) is 15.9 Å². The van der Waals surface area contributed by atoms with Crippen LogP contribution in [0.4, 0.5) is 13.2 Å². The number of alkyl halides is 4. The van der Waals surface area contributed by atoms with E-state index in [0.29, 0.717) is 5.56 Å². The molecular weight excluding hydrogens is 359 g/mol. The first-order valence-corrected chi connectivity index (χ1v) is 7.32. The number of benzene rings is 1. The zero-order chi connectivity index (χ0) is 15.3. The summed E-state index contributed by atoms with van der Waals surface area (Å²) < 4.78 is 42.3. The maximum Gasteiger partial charge on any atom is 0.446 e. The first-order valence-electron chi connectivity index (χ1n) is 5.38. The third-order valence-corrected chi connectivity index (χ3v) is 3.61. The highest BCUT2D eigenvalue weighted by Gasteiger charge is 2.33. The van der Waals surface area contributed by atoms with Crippen molar-refractivity contribution in [2.45, 2.75) is 22.7 Å². The molecule has 0 amide bonds. The summed E-state index contributed by atoms with van der Waals surface area (Å²) in [5, 5.41) is 9.35. The molecular formula is C12H9BrF3NO2S. The summed E-state index contributed by atoms with van der Waals surface area (Å²) in [7, 11) is 0. The molecule has 1 rings (SSSR count). The molecule has 0 N–H and O–H groups in total. The van der Waals surface area contributed by atoms with E-state index < -0.39 is 23.2 Å². The Balaban J connectivity index is 3.45. The second-order valence-electron chi connectivity index (χ2n) is 3.49. The Morgan fingerprint density at radius 3 is 2.60 bits per heavy atom. The number of carbonyl (C=O) groups excluding carboxylic acids is 1. The van der Waals surface area contributed by atoms with Crippen LogP contribution in [0.5, 0.6) is 0 Å². The van der Waals surface area contributed by atoms with Crippen LogP contribution in [0.3, 0.4) is 0 Å². The minimum Gasteiger partial charge on any atom is -0.462 e. The molecule has 0 aliphatic carbocycles. The van der Waals surface area contributed by atoms with Crippen LogP contribution >= 0.6 is 27.7 Å². The van der Waals surface area contributed by atoms with Crippen LogP contribution in [0.15, 0.2) is 17.0 Å². The number of nitrogens with zero attached hydrogens (tertiary/aromatic N) is 1. The number of esters is 1. The van der Waals surface area contributed by atoms with E-state index in [9.17, 15) is 18.0 Å². The second-order valence-corrected chi connectivity index (χ2v) is 5.15. The molecule has 0 unspecified atom stereocenters. The third kappa shape index (κ3) is 4.15. The number of nitriles is 1. The predicted molar refractivity (Wildman–Crippen MR) is 71.7 cm³/mol. The standard InChI is InChI=1S/C12H9BrF3NO2S/c1-2-19-11(18)10-8(6-17)7(5-13)3-4-9(10)20-12(14,15)16/h3-4H,2,5H2,1H3. The van der Waals surface area contributed by atoms with Crippen LogP contribution in [-0.2, 0) is 10.1 Å². The van der Waals surface area contributed by atoms with E-state index in [1.54, 1.807) is 6.07 Å². The van der Waals surface area contributed by atoms with Crippen molar-refractivity contribution in [3.63, 3.8) is 0 Å². The second kappa shape index (κ2) is 6.99. The molecule has 20 heavy (non-hydrogen) atoms. The summed E-state index contributed by atoms with van der Waals surface area (Å²) in [6.45, 7) is 1.55. The lowest BCUT2D eigenvalue weighted by Crippen LogP contribution is -2.12. The number of hydrogen-bond donors (Lipinski definition) is 0. The van der Waals surface area contributed by atoms with Crippen molar-refractivity contribution in [3.05, 3.63) is 28.8 Å². The smallest absolute Gasteiger partial charge is 0.446 e. The van der Waals surface area contributed by atoms with Crippen LogP contribution in [0.2, 0.25) is 0 Å². The Labute approximate surface area is 126 Å². The molecule has 0 aliphatic rings. The molecule has 1 aromatic carbocycles. The van der Waals surface area contributed by atoms with E-state index >= 15 is 0 Å². The van der Waals surface area contributed by atoms with Gasteiger partial charge < -0.3 is 4.74 Å². The average Bonchev–Trinajstić information content (AvgIpc) is 2.36. The lowest BCUT2D eigenvalue weighted by molar-refractivity contribution is -0.0328. The van der Waals surface area contributed by atoms with E-state index in [1.165, 1.54) is 19.1 Å². The molecule has 0 bridgehead atoms.